The lowest BCUT2D eigenvalue weighted by molar-refractivity contribution is 0.174. The van der Waals surface area contributed by atoms with Crippen molar-refractivity contribution >= 4 is 34.0 Å². The summed E-state index contributed by atoms with van der Waals surface area (Å²) in [5.74, 6) is 2.37. The lowest BCUT2D eigenvalue weighted by Crippen LogP contribution is -1.92. The van der Waals surface area contributed by atoms with Gasteiger partial charge in [0.1, 0.15) is 11.4 Å². The Balaban J connectivity index is 1.50. The lowest BCUT2D eigenvalue weighted by atomic mass is 10.0. The predicted octanol–water partition coefficient (Wildman–Crippen LogP) is 5.08. The van der Waals surface area contributed by atoms with Gasteiger partial charge < -0.3 is 9.47 Å². The van der Waals surface area contributed by atoms with E-state index < -0.39 is 0 Å². The van der Waals surface area contributed by atoms with Crippen LogP contribution in [0.15, 0.2) is 53.1 Å². The summed E-state index contributed by atoms with van der Waals surface area (Å²) in [7, 11) is 0. The molecule has 134 valence electrons. The van der Waals surface area contributed by atoms with Crippen LogP contribution in [0.1, 0.15) is 10.7 Å². The topological polar surface area (TPSA) is 57.1 Å². The highest BCUT2D eigenvalue weighted by molar-refractivity contribution is 7.98. The van der Waals surface area contributed by atoms with Crippen molar-refractivity contribution in [1.82, 2.24) is 15.0 Å². The summed E-state index contributed by atoms with van der Waals surface area (Å²) >= 11 is 3.36. The molecule has 0 atom stereocenters. The summed E-state index contributed by atoms with van der Waals surface area (Å²) in [6.07, 6.45) is 1.62. The third-order valence-electron chi connectivity index (χ3n) is 4.33. The molecule has 1 aliphatic rings. The fourth-order valence-electron chi connectivity index (χ4n) is 3.02. The van der Waals surface area contributed by atoms with E-state index in [0.717, 1.165) is 55.0 Å². The van der Waals surface area contributed by atoms with Gasteiger partial charge in [-0.25, -0.2) is 15.0 Å². The summed E-state index contributed by atoms with van der Waals surface area (Å²) < 4.78 is 10.9. The van der Waals surface area contributed by atoms with E-state index in [9.17, 15) is 0 Å². The van der Waals surface area contributed by atoms with Crippen molar-refractivity contribution < 1.29 is 9.47 Å². The van der Waals surface area contributed by atoms with E-state index >= 15 is 0 Å². The fourth-order valence-corrected chi connectivity index (χ4v) is 4.61. The van der Waals surface area contributed by atoms with Crippen molar-refractivity contribution in [3.05, 3.63) is 58.8 Å². The van der Waals surface area contributed by atoms with Crippen molar-refractivity contribution in [2.75, 3.05) is 6.79 Å². The number of thiazole rings is 1. The van der Waals surface area contributed by atoms with E-state index in [1.807, 2.05) is 31.2 Å². The van der Waals surface area contributed by atoms with Crippen molar-refractivity contribution in [1.29, 1.82) is 0 Å². The second-order valence-electron chi connectivity index (χ2n) is 6.13. The summed E-state index contributed by atoms with van der Waals surface area (Å²) in [6.45, 7) is 2.30. The van der Waals surface area contributed by atoms with Crippen molar-refractivity contribution in [2.45, 2.75) is 17.7 Å². The number of benzene rings is 2. The van der Waals surface area contributed by atoms with Crippen LogP contribution in [0.5, 0.6) is 11.5 Å². The van der Waals surface area contributed by atoms with Crippen LogP contribution in [0.2, 0.25) is 0 Å². The van der Waals surface area contributed by atoms with E-state index in [1.54, 1.807) is 29.4 Å². The van der Waals surface area contributed by atoms with E-state index in [1.165, 1.54) is 0 Å². The highest BCUT2D eigenvalue weighted by Crippen LogP contribution is 2.37. The van der Waals surface area contributed by atoms with Crippen molar-refractivity contribution in [3.63, 3.8) is 0 Å². The van der Waals surface area contributed by atoms with Gasteiger partial charge in [-0.3, -0.25) is 0 Å². The van der Waals surface area contributed by atoms with Crippen LogP contribution < -0.4 is 9.47 Å². The molecule has 4 aromatic rings. The third-order valence-corrected chi connectivity index (χ3v) is 6.19. The standard InChI is InChI=1S/C20H15N3O2S2/c1-12-23-15(8-26-12)9-27-20-16-6-13(2-4-17(16)21-10-22-20)14-3-5-18-19(7-14)25-11-24-18/h2-8,10H,9,11H2,1H3. The molecule has 0 N–H and O–H groups in total. The number of ether oxygens (including phenoxy) is 2. The number of hydrogen-bond donors (Lipinski definition) is 0. The van der Waals surface area contributed by atoms with Gasteiger partial charge in [0.2, 0.25) is 6.79 Å². The first-order chi connectivity index (χ1) is 13.3. The summed E-state index contributed by atoms with van der Waals surface area (Å²) in [5.41, 5.74) is 4.20. The predicted molar refractivity (Wildman–Crippen MR) is 108 cm³/mol. The zero-order valence-electron chi connectivity index (χ0n) is 14.5. The maximum absolute atomic E-state index is 5.50. The molecule has 7 heteroatoms. The minimum absolute atomic E-state index is 0.279. The zero-order valence-corrected chi connectivity index (χ0v) is 16.1. The second kappa shape index (κ2) is 6.83. The van der Waals surface area contributed by atoms with Crippen LogP contribution in [-0.2, 0) is 5.75 Å². The highest BCUT2D eigenvalue weighted by atomic mass is 32.2. The molecule has 2 aromatic heterocycles. The molecule has 27 heavy (non-hydrogen) atoms. The molecule has 0 saturated heterocycles. The third kappa shape index (κ3) is 3.24. The Kier molecular flexibility index (Phi) is 4.18. The first kappa shape index (κ1) is 16.5. The van der Waals surface area contributed by atoms with Gasteiger partial charge in [0.15, 0.2) is 11.5 Å². The number of thioether (sulfide) groups is 1. The molecule has 0 spiro atoms. The second-order valence-corrected chi connectivity index (χ2v) is 8.15. The number of rotatable bonds is 4. The monoisotopic (exact) mass is 393 g/mol. The molecule has 1 aliphatic heterocycles. The van der Waals surface area contributed by atoms with Crippen molar-refractivity contribution in [2.24, 2.45) is 0 Å². The number of aryl methyl sites for hydroxylation is 1. The molecular formula is C20H15N3O2S2. The first-order valence-corrected chi connectivity index (χ1v) is 10.3. The Morgan fingerprint density at radius 2 is 1.89 bits per heavy atom. The number of nitrogens with zero attached hydrogens (tertiary/aromatic N) is 3. The Labute approximate surface area is 164 Å². The maximum atomic E-state index is 5.50. The minimum Gasteiger partial charge on any atom is -0.454 e. The lowest BCUT2D eigenvalue weighted by Gasteiger charge is -2.08. The van der Waals surface area contributed by atoms with Crippen LogP contribution in [-0.4, -0.2) is 21.7 Å². The van der Waals surface area contributed by atoms with E-state index in [2.05, 4.69) is 32.5 Å². The molecule has 2 aromatic carbocycles. The maximum Gasteiger partial charge on any atom is 0.231 e. The number of fused-ring (bicyclic) bond motifs is 2. The van der Waals surface area contributed by atoms with E-state index in [-0.39, 0.29) is 6.79 Å². The van der Waals surface area contributed by atoms with Gasteiger partial charge in [0.05, 0.1) is 16.2 Å². The largest absolute Gasteiger partial charge is 0.454 e. The van der Waals surface area contributed by atoms with Crippen LogP contribution in [0.4, 0.5) is 0 Å². The molecule has 0 amide bonds. The van der Waals surface area contributed by atoms with Gasteiger partial charge >= 0.3 is 0 Å². The van der Waals surface area contributed by atoms with E-state index in [4.69, 9.17) is 9.47 Å². The Morgan fingerprint density at radius 3 is 2.78 bits per heavy atom. The van der Waals surface area contributed by atoms with Crippen LogP contribution in [0, 0.1) is 6.92 Å². The molecule has 0 bridgehead atoms. The Bertz CT molecular complexity index is 1140. The van der Waals surface area contributed by atoms with Gasteiger partial charge in [-0.1, -0.05) is 23.9 Å². The fraction of sp³-hybridized carbons (Fsp3) is 0.150. The van der Waals surface area contributed by atoms with Crippen molar-refractivity contribution in [3.8, 4) is 22.6 Å². The molecule has 0 fully saturated rings. The van der Waals surface area contributed by atoms with Gasteiger partial charge in [-0.2, -0.15) is 0 Å². The van der Waals surface area contributed by atoms with Crippen LogP contribution in [0.25, 0.3) is 22.0 Å². The molecule has 0 saturated carbocycles. The highest BCUT2D eigenvalue weighted by Gasteiger charge is 2.14. The van der Waals surface area contributed by atoms with Gasteiger partial charge in [0.25, 0.3) is 0 Å². The normalized spacial score (nSPS) is 12.6. The Hall–Kier alpha value is -2.64. The van der Waals surface area contributed by atoms with Gasteiger partial charge in [-0.15, -0.1) is 11.3 Å². The number of hydrogen-bond acceptors (Lipinski definition) is 7. The van der Waals surface area contributed by atoms with Crippen LogP contribution >= 0.6 is 23.1 Å². The minimum atomic E-state index is 0.279. The molecule has 3 heterocycles. The molecule has 5 rings (SSSR count). The van der Waals surface area contributed by atoms with Gasteiger partial charge in [0, 0.05) is 16.5 Å². The average molecular weight is 393 g/mol. The van der Waals surface area contributed by atoms with E-state index in [0.29, 0.717) is 0 Å². The number of aromatic nitrogens is 3. The van der Waals surface area contributed by atoms with Gasteiger partial charge in [-0.05, 0) is 42.3 Å². The molecule has 0 radical (unpaired) electrons. The SMILES string of the molecule is Cc1nc(CSc2ncnc3ccc(-c4ccc5c(c4)OCO5)cc23)cs1. The van der Waals surface area contributed by atoms with Crippen LogP contribution in [0.3, 0.4) is 0 Å². The summed E-state index contributed by atoms with van der Waals surface area (Å²) in [6, 6.07) is 12.3. The Morgan fingerprint density at radius 1 is 1.04 bits per heavy atom. The molecular weight excluding hydrogens is 378 g/mol. The zero-order chi connectivity index (χ0) is 18.2. The average Bonchev–Trinajstić information content (AvgIpc) is 3.33. The smallest absolute Gasteiger partial charge is 0.231 e. The summed E-state index contributed by atoms with van der Waals surface area (Å²) in [5, 5.41) is 5.20. The quantitative estimate of drug-likeness (QED) is 0.356. The molecule has 0 unspecified atom stereocenters. The molecule has 0 aliphatic carbocycles. The summed E-state index contributed by atoms with van der Waals surface area (Å²) in [4.78, 5) is 13.4. The first-order valence-electron chi connectivity index (χ1n) is 8.45. The molecule has 5 nitrogen and oxygen atoms in total.